The molecule has 2 fully saturated rings. The molecule has 1 aliphatic heterocycles. The zero-order chi connectivity index (χ0) is 36.1. The average molecular weight is 695 g/mol. The summed E-state index contributed by atoms with van der Waals surface area (Å²) in [6.45, 7) is 12.1. The fourth-order valence-corrected chi connectivity index (χ4v) is 6.91. The molecular weight excluding hydrogens is 644 g/mol. The van der Waals surface area contributed by atoms with Gasteiger partial charge in [0.25, 0.3) is 6.43 Å². The molecule has 1 aliphatic carbocycles. The van der Waals surface area contributed by atoms with Gasteiger partial charge < -0.3 is 25.0 Å². The van der Waals surface area contributed by atoms with E-state index in [1.54, 1.807) is 25.3 Å². The van der Waals surface area contributed by atoms with Crippen molar-refractivity contribution in [2.24, 2.45) is 11.8 Å². The van der Waals surface area contributed by atoms with Crippen LogP contribution in [0.1, 0.15) is 69.7 Å². The summed E-state index contributed by atoms with van der Waals surface area (Å²) >= 11 is 0. The van der Waals surface area contributed by atoms with E-state index in [1.165, 1.54) is 18.3 Å². The molecule has 50 heavy (non-hydrogen) atoms. The summed E-state index contributed by atoms with van der Waals surface area (Å²) in [5.74, 6) is 0.261. The van der Waals surface area contributed by atoms with Gasteiger partial charge in [-0.3, -0.25) is 14.3 Å². The highest BCUT2D eigenvalue weighted by Gasteiger charge is 2.40. The topological polar surface area (TPSA) is 121 Å². The second kappa shape index (κ2) is 15.8. The van der Waals surface area contributed by atoms with Crippen LogP contribution in [0.4, 0.5) is 25.2 Å². The molecule has 2 aliphatic rings. The molecule has 1 saturated heterocycles. The van der Waals surface area contributed by atoms with E-state index in [-0.39, 0.29) is 41.9 Å². The second-order valence-corrected chi connectivity index (χ2v) is 14.0. The third kappa shape index (κ3) is 8.73. The number of aryl methyl sites for hydroxylation is 1. The number of likely N-dealkylation sites (N-methyl/N-ethyl adjacent to an activating group) is 1. The van der Waals surface area contributed by atoms with Crippen LogP contribution in [0.25, 0.3) is 11.3 Å². The Hall–Kier alpha value is -4.23. The molecule has 3 aromatic heterocycles. The molecule has 270 valence electrons. The number of hydrogen-bond acceptors (Lipinski definition) is 8. The molecule has 0 spiro atoms. The van der Waals surface area contributed by atoms with Gasteiger partial charge in [0.2, 0.25) is 6.73 Å². The lowest BCUT2D eigenvalue weighted by atomic mass is 9.73. The first-order chi connectivity index (χ1) is 23.8. The van der Waals surface area contributed by atoms with Crippen molar-refractivity contribution in [3.8, 4) is 11.3 Å². The largest absolute Gasteiger partial charge is 0.415 e. The van der Waals surface area contributed by atoms with Crippen molar-refractivity contribution in [2.45, 2.75) is 65.4 Å². The highest BCUT2D eigenvalue weighted by atomic mass is 19.3. The summed E-state index contributed by atoms with van der Waals surface area (Å²) in [6, 6.07) is 10.0. The summed E-state index contributed by atoms with van der Waals surface area (Å²) in [5, 5.41) is 14.7. The number of anilines is 2. The molecule has 13 heteroatoms. The Morgan fingerprint density at radius 1 is 1.06 bits per heavy atom. The number of esters is 1. The van der Waals surface area contributed by atoms with Gasteiger partial charge in [0.15, 0.2) is 0 Å². The minimum atomic E-state index is -2.60. The van der Waals surface area contributed by atoms with Crippen LogP contribution in [0.3, 0.4) is 0 Å². The number of carbonyl (C=O) groups excluding carboxylic acids is 2. The van der Waals surface area contributed by atoms with E-state index in [1.807, 2.05) is 42.7 Å². The van der Waals surface area contributed by atoms with Gasteiger partial charge >= 0.3 is 12.0 Å². The lowest BCUT2D eigenvalue weighted by molar-refractivity contribution is -0.929. The number of aromatic nitrogens is 3. The van der Waals surface area contributed by atoms with Crippen LogP contribution in [0.2, 0.25) is 0 Å². The van der Waals surface area contributed by atoms with Crippen LogP contribution in [0, 0.1) is 18.8 Å². The fraction of sp³-hybridized carbons (Fsp3) is 0.541. The molecule has 1 atom stereocenters. The Bertz CT molecular complexity index is 1620. The van der Waals surface area contributed by atoms with Crippen LogP contribution in [0.15, 0.2) is 48.8 Å². The molecule has 11 nitrogen and oxygen atoms in total. The molecular formula is C37H50F2N7O4+. The fourth-order valence-electron chi connectivity index (χ4n) is 6.91. The van der Waals surface area contributed by atoms with Gasteiger partial charge in [0.1, 0.15) is 17.2 Å². The van der Waals surface area contributed by atoms with Crippen molar-refractivity contribution in [3.05, 3.63) is 65.6 Å². The quantitative estimate of drug-likeness (QED) is 0.178. The van der Waals surface area contributed by atoms with E-state index in [9.17, 15) is 23.5 Å². The third-order valence-electron chi connectivity index (χ3n) is 10.3. The number of piperazine rings is 1. The highest BCUT2D eigenvalue weighted by molar-refractivity contribution is 5.74. The third-order valence-corrected chi connectivity index (χ3v) is 10.3. The van der Waals surface area contributed by atoms with Crippen molar-refractivity contribution in [1.82, 2.24) is 24.8 Å². The SMILES string of the molecule is CCN(CC)C(=O)N1CC[N+](C)(COC(=O)C2CCC([C@@](C)(O)c3ccc(-c4cc(C)cc(Nc5cc(C(F)F)ccn5)n4)cn3)CC2)CC1. The molecule has 5 rings (SSSR count). The van der Waals surface area contributed by atoms with Gasteiger partial charge in [-0.1, -0.05) is 0 Å². The number of hydrogen-bond donors (Lipinski definition) is 2. The van der Waals surface area contributed by atoms with Gasteiger partial charge in [0, 0.05) is 36.6 Å². The molecule has 4 heterocycles. The summed E-state index contributed by atoms with van der Waals surface area (Å²) in [5.41, 5.74) is 1.52. The number of ether oxygens (including phenoxy) is 1. The van der Waals surface area contributed by atoms with E-state index in [4.69, 9.17) is 4.74 Å². The lowest BCUT2D eigenvalue weighted by Gasteiger charge is -2.42. The minimum Gasteiger partial charge on any atom is -0.415 e. The number of amides is 2. The van der Waals surface area contributed by atoms with Gasteiger partial charge in [-0.05, 0) is 101 Å². The number of halogens is 2. The Kier molecular flexibility index (Phi) is 11.7. The zero-order valence-electron chi connectivity index (χ0n) is 29.7. The van der Waals surface area contributed by atoms with Crippen LogP contribution in [0.5, 0.6) is 0 Å². The van der Waals surface area contributed by atoms with E-state index < -0.39 is 12.0 Å². The smallest absolute Gasteiger partial charge is 0.320 e. The molecule has 3 aromatic rings. The van der Waals surface area contributed by atoms with E-state index >= 15 is 0 Å². The number of carbonyl (C=O) groups is 2. The highest BCUT2D eigenvalue weighted by Crippen LogP contribution is 2.41. The maximum Gasteiger partial charge on any atom is 0.320 e. The van der Waals surface area contributed by atoms with Crippen molar-refractivity contribution >= 4 is 23.6 Å². The van der Waals surface area contributed by atoms with Crippen LogP contribution in [-0.2, 0) is 15.1 Å². The lowest BCUT2D eigenvalue weighted by Crippen LogP contribution is -2.60. The normalized spacial score (nSPS) is 20.2. The Balaban J connectivity index is 1.13. The van der Waals surface area contributed by atoms with Crippen LogP contribution >= 0.6 is 0 Å². The number of alkyl halides is 2. The molecule has 0 bridgehead atoms. The second-order valence-electron chi connectivity index (χ2n) is 14.0. The van der Waals surface area contributed by atoms with Crippen LogP contribution in [-0.4, -0.2) is 99.4 Å². The van der Waals surface area contributed by atoms with Gasteiger partial charge in [-0.15, -0.1) is 0 Å². The first-order valence-electron chi connectivity index (χ1n) is 17.5. The van der Waals surface area contributed by atoms with Gasteiger partial charge in [-0.25, -0.2) is 23.5 Å². The first-order valence-corrected chi connectivity index (χ1v) is 17.5. The minimum absolute atomic E-state index is 0.0694. The summed E-state index contributed by atoms with van der Waals surface area (Å²) in [7, 11) is 2.07. The predicted molar refractivity (Wildman–Crippen MR) is 186 cm³/mol. The zero-order valence-corrected chi connectivity index (χ0v) is 29.7. The number of rotatable bonds is 11. The molecule has 0 unspecified atom stereocenters. The maximum atomic E-state index is 13.2. The van der Waals surface area contributed by atoms with Crippen LogP contribution < -0.4 is 5.32 Å². The summed E-state index contributed by atoms with van der Waals surface area (Å²) in [6.07, 6.45) is 3.00. The molecule has 0 radical (unpaired) electrons. The Labute approximate surface area is 293 Å². The average Bonchev–Trinajstić information content (AvgIpc) is 3.11. The van der Waals surface area contributed by atoms with Gasteiger partial charge in [-0.2, -0.15) is 0 Å². The molecule has 0 aromatic carbocycles. The molecule has 2 amide bonds. The van der Waals surface area contributed by atoms with Crippen molar-refractivity contribution < 1.29 is 32.7 Å². The Morgan fingerprint density at radius 3 is 2.38 bits per heavy atom. The number of nitrogens with one attached hydrogen (secondary N) is 1. The van der Waals surface area contributed by atoms with Crippen molar-refractivity contribution in [3.63, 3.8) is 0 Å². The van der Waals surface area contributed by atoms with Gasteiger partial charge in [0.05, 0.1) is 50.5 Å². The number of quaternary nitrogens is 1. The number of pyridine rings is 3. The number of nitrogens with zero attached hydrogens (tertiary/aromatic N) is 6. The first kappa shape index (κ1) is 37.0. The predicted octanol–water partition coefficient (Wildman–Crippen LogP) is 6.27. The van der Waals surface area contributed by atoms with E-state index in [0.29, 0.717) is 73.6 Å². The standard InChI is InChI=1S/C37H50F2N7O4/c1-6-44(7-2)36(48)45-16-18-46(5,19-17-45)24-50-35(47)26-8-11-29(12-9-26)37(4,49)31-13-10-28(23-41-31)30-20-25(3)21-33(42-30)43-32-22-27(34(38)39)14-15-40-32/h10,13-15,20-23,26,29,34,49H,6-9,11-12,16-19,24H2,1-5H3,(H,40,42,43)/q+1/t26?,29?,37-/m1/s1. The Morgan fingerprint density at radius 2 is 1.76 bits per heavy atom. The molecule has 2 N–H and O–H groups in total. The van der Waals surface area contributed by atoms with E-state index in [0.717, 1.165) is 24.2 Å². The summed E-state index contributed by atoms with van der Waals surface area (Å²) < 4.78 is 32.7. The number of aliphatic hydroxyl groups is 1. The van der Waals surface area contributed by atoms with E-state index in [2.05, 4.69) is 27.3 Å². The number of urea groups is 1. The van der Waals surface area contributed by atoms with Crippen molar-refractivity contribution in [2.75, 3.05) is 58.4 Å². The van der Waals surface area contributed by atoms with Crippen molar-refractivity contribution in [1.29, 1.82) is 0 Å². The molecule has 1 saturated carbocycles. The monoisotopic (exact) mass is 694 g/mol. The maximum absolute atomic E-state index is 13.2. The summed E-state index contributed by atoms with van der Waals surface area (Å²) in [4.78, 5) is 42.9.